The molecule has 0 aliphatic carbocycles. The Kier molecular flexibility index (Phi) is 2.74. The highest BCUT2D eigenvalue weighted by atomic mass is 15.2. The predicted molar refractivity (Wildman–Crippen MR) is 68.1 cm³/mol. The van der Waals surface area contributed by atoms with Crippen LogP contribution in [0.1, 0.15) is 17.2 Å². The van der Waals surface area contributed by atoms with E-state index < -0.39 is 0 Å². The van der Waals surface area contributed by atoms with Gasteiger partial charge in [0, 0.05) is 30.4 Å². The topological polar surface area (TPSA) is 55.1 Å². The number of rotatable bonds is 3. The van der Waals surface area contributed by atoms with Gasteiger partial charge in [0.05, 0.1) is 24.0 Å². The van der Waals surface area contributed by atoms with Gasteiger partial charge in [-0.15, -0.1) is 0 Å². The SMILES string of the molecule is CNC(c1cccnc1)c1cnn2ccncc12. The minimum Gasteiger partial charge on any atom is -0.309 e. The van der Waals surface area contributed by atoms with Crippen molar-refractivity contribution >= 4 is 5.52 Å². The lowest BCUT2D eigenvalue weighted by molar-refractivity contribution is 0.693. The maximum atomic E-state index is 4.33. The van der Waals surface area contributed by atoms with Crippen molar-refractivity contribution in [2.45, 2.75) is 6.04 Å². The number of nitrogens with zero attached hydrogens (tertiary/aromatic N) is 4. The molecule has 0 saturated heterocycles. The Morgan fingerprint density at radius 2 is 2.06 bits per heavy atom. The lowest BCUT2D eigenvalue weighted by Crippen LogP contribution is -2.17. The number of pyridine rings is 1. The molecule has 5 nitrogen and oxygen atoms in total. The lowest BCUT2D eigenvalue weighted by atomic mass is 10.0. The third kappa shape index (κ3) is 1.74. The van der Waals surface area contributed by atoms with Crippen LogP contribution in [-0.4, -0.2) is 26.6 Å². The summed E-state index contributed by atoms with van der Waals surface area (Å²) in [5.41, 5.74) is 3.21. The van der Waals surface area contributed by atoms with Crippen LogP contribution in [0.4, 0.5) is 0 Å². The summed E-state index contributed by atoms with van der Waals surface area (Å²) < 4.78 is 1.82. The highest BCUT2D eigenvalue weighted by Crippen LogP contribution is 2.24. The Morgan fingerprint density at radius 3 is 2.83 bits per heavy atom. The molecule has 0 fully saturated rings. The van der Waals surface area contributed by atoms with Gasteiger partial charge in [0.2, 0.25) is 0 Å². The van der Waals surface area contributed by atoms with Gasteiger partial charge in [-0.3, -0.25) is 9.97 Å². The van der Waals surface area contributed by atoms with Crippen molar-refractivity contribution in [1.82, 2.24) is 24.9 Å². The third-order valence-electron chi connectivity index (χ3n) is 2.97. The highest BCUT2D eigenvalue weighted by molar-refractivity contribution is 5.55. The molecule has 1 atom stereocenters. The van der Waals surface area contributed by atoms with Crippen molar-refractivity contribution in [1.29, 1.82) is 0 Å². The van der Waals surface area contributed by atoms with Crippen LogP contribution in [-0.2, 0) is 0 Å². The van der Waals surface area contributed by atoms with Crippen molar-refractivity contribution in [3.8, 4) is 0 Å². The molecule has 0 aromatic carbocycles. The number of hydrogen-bond donors (Lipinski definition) is 1. The van der Waals surface area contributed by atoms with Gasteiger partial charge in [0.25, 0.3) is 0 Å². The highest BCUT2D eigenvalue weighted by Gasteiger charge is 2.16. The quantitative estimate of drug-likeness (QED) is 0.751. The van der Waals surface area contributed by atoms with Crippen LogP contribution < -0.4 is 5.32 Å². The van der Waals surface area contributed by atoms with Crippen LogP contribution >= 0.6 is 0 Å². The van der Waals surface area contributed by atoms with E-state index in [1.807, 2.05) is 48.5 Å². The zero-order valence-electron chi connectivity index (χ0n) is 9.99. The van der Waals surface area contributed by atoms with E-state index in [2.05, 4.69) is 20.4 Å². The second-order valence-electron chi connectivity index (χ2n) is 4.01. The van der Waals surface area contributed by atoms with Crippen LogP contribution in [0.3, 0.4) is 0 Å². The largest absolute Gasteiger partial charge is 0.309 e. The van der Waals surface area contributed by atoms with Crippen LogP contribution in [0, 0.1) is 0 Å². The summed E-state index contributed by atoms with van der Waals surface area (Å²) >= 11 is 0. The summed E-state index contributed by atoms with van der Waals surface area (Å²) in [4.78, 5) is 8.31. The molecule has 0 saturated carbocycles. The number of aromatic nitrogens is 4. The van der Waals surface area contributed by atoms with Crippen LogP contribution in [0.25, 0.3) is 5.52 Å². The van der Waals surface area contributed by atoms with Gasteiger partial charge in [0.15, 0.2) is 0 Å². The molecule has 3 heterocycles. The predicted octanol–water partition coefficient (Wildman–Crippen LogP) is 1.43. The van der Waals surface area contributed by atoms with Gasteiger partial charge >= 0.3 is 0 Å². The van der Waals surface area contributed by atoms with Gasteiger partial charge in [-0.1, -0.05) is 6.07 Å². The van der Waals surface area contributed by atoms with Gasteiger partial charge in [-0.25, -0.2) is 4.52 Å². The molecule has 0 bridgehead atoms. The summed E-state index contributed by atoms with van der Waals surface area (Å²) in [7, 11) is 1.93. The Morgan fingerprint density at radius 1 is 1.17 bits per heavy atom. The first-order chi connectivity index (χ1) is 8.90. The maximum absolute atomic E-state index is 4.33. The van der Waals surface area contributed by atoms with E-state index in [4.69, 9.17) is 0 Å². The molecule has 0 amide bonds. The Bertz CT molecular complexity index is 647. The van der Waals surface area contributed by atoms with Gasteiger partial charge in [-0.05, 0) is 18.7 Å². The van der Waals surface area contributed by atoms with E-state index >= 15 is 0 Å². The average Bonchev–Trinajstić information content (AvgIpc) is 2.85. The molecule has 18 heavy (non-hydrogen) atoms. The van der Waals surface area contributed by atoms with E-state index in [0.717, 1.165) is 16.6 Å². The van der Waals surface area contributed by atoms with Crippen molar-refractivity contribution < 1.29 is 0 Å². The molecular formula is C13H13N5. The standard InChI is InChI=1S/C13H13N5/c1-14-13(10-3-2-4-15-7-10)11-8-17-18-6-5-16-9-12(11)18/h2-9,13-14H,1H3. The van der Waals surface area contributed by atoms with Crippen molar-refractivity contribution in [3.05, 3.63) is 60.4 Å². The number of hydrogen-bond acceptors (Lipinski definition) is 4. The zero-order chi connectivity index (χ0) is 12.4. The summed E-state index contributed by atoms with van der Waals surface area (Å²) in [6, 6.07) is 4.05. The molecule has 3 rings (SSSR count). The van der Waals surface area contributed by atoms with E-state index in [-0.39, 0.29) is 6.04 Å². The van der Waals surface area contributed by atoms with E-state index in [1.54, 1.807) is 12.4 Å². The fraction of sp³-hybridized carbons (Fsp3) is 0.154. The van der Waals surface area contributed by atoms with Crippen LogP contribution in [0.15, 0.2) is 49.3 Å². The molecule has 3 aromatic heterocycles. The molecule has 0 aliphatic heterocycles. The second-order valence-corrected chi connectivity index (χ2v) is 4.01. The first-order valence-electron chi connectivity index (χ1n) is 5.74. The Labute approximate surface area is 105 Å². The zero-order valence-corrected chi connectivity index (χ0v) is 9.99. The Balaban J connectivity index is 2.12. The van der Waals surface area contributed by atoms with E-state index in [0.29, 0.717) is 0 Å². The smallest absolute Gasteiger partial charge is 0.0896 e. The second kappa shape index (κ2) is 4.54. The number of fused-ring (bicyclic) bond motifs is 1. The van der Waals surface area contributed by atoms with Gasteiger partial charge < -0.3 is 5.32 Å². The molecule has 0 radical (unpaired) electrons. The minimum atomic E-state index is 0.0698. The monoisotopic (exact) mass is 239 g/mol. The first kappa shape index (κ1) is 10.9. The fourth-order valence-corrected chi connectivity index (χ4v) is 2.12. The summed E-state index contributed by atoms with van der Waals surface area (Å²) in [5, 5.41) is 7.62. The lowest BCUT2D eigenvalue weighted by Gasteiger charge is -2.14. The molecule has 90 valence electrons. The molecule has 1 unspecified atom stereocenters. The van der Waals surface area contributed by atoms with Gasteiger partial charge in [0.1, 0.15) is 0 Å². The molecule has 3 aromatic rings. The average molecular weight is 239 g/mol. The van der Waals surface area contributed by atoms with Crippen molar-refractivity contribution in [2.75, 3.05) is 7.05 Å². The molecule has 5 heteroatoms. The normalized spacial score (nSPS) is 12.7. The number of nitrogens with one attached hydrogen (secondary N) is 1. The maximum Gasteiger partial charge on any atom is 0.0896 e. The summed E-state index contributed by atoms with van der Waals surface area (Å²) in [6.07, 6.45) is 10.9. The fourth-order valence-electron chi connectivity index (χ4n) is 2.12. The molecule has 0 aliphatic rings. The Hall–Kier alpha value is -2.27. The van der Waals surface area contributed by atoms with Crippen LogP contribution in [0.2, 0.25) is 0 Å². The first-order valence-corrected chi connectivity index (χ1v) is 5.74. The molecule has 1 N–H and O–H groups in total. The van der Waals surface area contributed by atoms with E-state index in [9.17, 15) is 0 Å². The third-order valence-corrected chi connectivity index (χ3v) is 2.97. The van der Waals surface area contributed by atoms with Crippen molar-refractivity contribution in [3.63, 3.8) is 0 Å². The van der Waals surface area contributed by atoms with Crippen molar-refractivity contribution in [2.24, 2.45) is 0 Å². The van der Waals surface area contributed by atoms with E-state index in [1.165, 1.54) is 0 Å². The van der Waals surface area contributed by atoms with Gasteiger partial charge in [-0.2, -0.15) is 5.10 Å². The summed E-state index contributed by atoms with van der Waals surface area (Å²) in [5.74, 6) is 0. The van der Waals surface area contributed by atoms with Crippen LogP contribution in [0.5, 0.6) is 0 Å². The minimum absolute atomic E-state index is 0.0698. The molecular weight excluding hydrogens is 226 g/mol. The molecule has 0 spiro atoms. The summed E-state index contributed by atoms with van der Waals surface area (Å²) in [6.45, 7) is 0.